The molecule has 0 bridgehead atoms. The third kappa shape index (κ3) is 6.28. The Morgan fingerprint density at radius 2 is 1.84 bits per heavy atom. The summed E-state index contributed by atoms with van der Waals surface area (Å²) in [7, 11) is 1.41. The van der Waals surface area contributed by atoms with Crippen LogP contribution in [0.4, 0.5) is 5.69 Å². The van der Waals surface area contributed by atoms with Gasteiger partial charge in [0.15, 0.2) is 5.75 Å². The van der Waals surface area contributed by atoms with Gasteiger partial charge in [-0.2, -0.15) is 9.78 Å². The van der Waals surface area contributed by atoms with E-state index in [1.165, 1.54) is 24.1 Å². The summed E-state index contributed by atoms with van der Waals surface area (Å²) in [6, 6.07) is 15.7. The molecule has 1 aromatic heterocycles. The van der Waals surface area contributed by atoms with Gasteiger partial charge in [-0.15, -0.1) is 0 Å². The van der Waals surface area contributed by atoms with Gasteiger partial charge in [-0.3, -0.25) is 14.9 Å². The number of benzene rings is 3. The number of fused-ring (bicyclic) bond motifs is 1. The number of aryl methyl sites for hydroxylation is 1. The van der Waals surface area contributed by atoms with Crippen molar-refractivity contribution in [3.63, 3.8) is 0 Å². The van der Waals surface area contributed by atoms with Crippen molar-refractivity contribution in [2.45, 2.75) is 32.8 Å². The number of hydrogen-bond donors (Lipinski definition) is 0. The van der Waals surface area contributed by atoms with Crippen molar-refractivity contribution in [3.05, 3.63) is 101 Å². The number of halogens is 2. The maximum atomic E-state index is 13.3. The summed E-state index contributed by atoms with van der Waals surface area (Å²) in [6.07, 6.45) is 3.69. The zero-order valence-corrected chi connectivity index (χ0v) is 23.9. The van der Waals surface area contributed by atoms with Gasteiger partial charge in [-0.1, -0.05) is 57.3 Å². The summed E-state index contributed by atoms with van der Waals surface area (Å²) in [5, 5.41) is 16.7. The van der Waals surface area contributed by atoms with Crippen LogP contribution in [0.1, 0.15) is 36.7 Å². The molecule has 0 radical (unpaired) electrons. The molecule has 0 fully saturated rings. The van der Waals surface area contributed by atoms with Gasteiger partial charge in [0, 0.05) is 27.0 Å². The third-order valence-electron chi connectivity index (χ3n) is 5.72. The maximum absolute atomic E-state index is 13.3. The molecule has 0 aliphatic heterocycles. The van der Waals surface area contributed by atoms with Gasteiger partial charge >= 0.3 is 5.69 Å². The molecule has 0 N–H and O–H groups in total. The first kappa shape index (κ1) is 27.5. The average Bonchev–Trinajstić information content (AvgIpc) is 2.91. The summed E-state index contributed by atoms with van der Waals surface area (Å²) in [5.41, 5.74) is 1.19. The molecule has 0 aliphatic carbocycles. The highest BCUT2D eigenvalue weighted by atomic mass is 79.9. The van der Waals surface area contributed by atoms with Gasteiger partial charge < -0.3 is 9.47 Å². The van der Waals surface area contributed by atoms with Crippen LogP contribution in [0.25, 0.3) is 10.9 Å². The molecule has 3 aromatic carbocycles. The van der Waals surface area contributed by atoms with E-state index >= 15 is 0 Å². The Morgan fingerprint density at radius 3 is 2.53 bits per heavy atom. The predicted octanol–water partition coefficient (Wildman–Crippen LogP) is 6.64. The number of rotatable bonds is 10. The number of nitro groups is 1. The molecule has 0 aliphatic rings. The minimum absolute atomic E-state index is 0.00981. The zero-order valence-electron chi connectivity index (χ0n) is 20.7. The second-order valence-corrected chi connectivity index (χ2v) is 10.2. The SMILES string of the molecule is CCCCc1nc2ccc(Br)cc2c(=O)n1N=Cc1cc(OC)c(OCc2ccc(Br)cc2)c([N+](=O)[O-])c1. The molecule has 9 nitrogen and oxygen atoms in total. The fraction of sp³-hybridized carbons (Fsp3) is 0.222. The number of nitrogens with zero attached hydrogens (tertiary/aromatic N) is 4. The normalized spacial score (nSPS) is 11.3. The number of methoxy groups -OCH3 is 1. The van der Waals surface area contributed by atoms with Crippen LogP contribution >= 0.6 is 31.9 Å². The Labute approximate surface area is 235 Å². The Morgan fingerprint density at radius 1 is 1.11 bits per heavy atom. The minimum atomic E-state index is -0.537. The Balaban J connectivity index is 1.73. The van der Waals surface area contributed by atoms with Crippen molar-refractivity contribution in [3.8, 4) is 11.5 Å². The van der Waals surface area contributed by atoms with Crippen molar-refractivity contribution >= 4 is 54.7 Å². The minimum Gasteiger partial charge on any atom is -0.493 e. The van der Waals surface area contributed by atoms with Crippen LogP contribution in [0.3, 0.4) is 0 Å². The monoisotopic (exact) mass is 642 g/mol. The number of hydrogen-bond acceptors (Lipinski definition) is 7. The van der Waals surface area contributed by atoms with Crippen molar-refractivity contribution in [1.29, 1.82) is 0 Å². The summed E-state index contributed by atoms with van der Waals surface area (Å²) in [4.78, 5) is 29.4. The average molecular weight is 644 g/mol. The topological polar surface area (TPSA) is 109 Å². The molecule has 1 heterocycles. The second-order valence-electron chi connectivity index (χ2n) is 8.40. The van der Waals surface area contributed by atoms with E-state index in [2.05, 4.69) is 48.9 Å². The van der Waals surface area contributed by atoms with Gasteiger partial charge in [0.25, 0.3) is 5.56 Å². The lowest BCUT2D eigenvalue weighted by Gasteiger charge is -2.12. The van der Waals surface area contributed by atoms with Crippen LogP contribution in [0.15, 0.2) is 73.4 Å². The van der Waals surface area contributed by atoms with E-state index < -0.39 is 4.92 Å². The van der Waals surface area contributed by atoms with Crippen molar-refractivity contribution < 1.29 is 14.4 Å². The molecule has 38 heavy (non-hydrogen) atoms. The molecule has 0 spiro atoms. The molecular weight excluding hydrogens is 620 g/mol. The summed E-state index contributed by atoms with van der Waals surface area (Å²) in [5.74, 6) is 0.700. The first-order valence-corrected chi connectivity index (χ1v) is 13.4. The molecule has 0 atom stereocenters. The van der Waals surface area contributed by atoms with Crippen LogP contribution in [-0.4, -0.2) is 27.9 Å². The lowest BCUT2D eigenvalue weighted by Crippen LogP contribution is -2.22. The van der Waals surface area contributed by atoms with E-state index in [9.17, 15) is 14.9 Å². The largest absolute Gasteiger partial charge is 0.493 e. The molecule has 0 unspecified atom stereocenters. The van der Waals surface area contributed by atoms with Gasteiger partial charge in [-0.25, -0.2) is 4.98 Å². The quantitative estimate of drug-likeness (QED) is 0.109. The summed E-state index contributed by atoms with van der Waals surface area (Å²) in [6.45, 7) is 2.17. The number of ether oxygens (including phenoxy) is 2. The second kappa shape index (κ2) is 12.3. The Kier molecular flexibility index (Phi) is 8.90. The van der Waals surface area contributed by atoms with E-state index in [0.717, 1.165) is 27.4 Å². The molecule has 4 rings (SSSR count). The van der Waals surface area contributed by atoms with Crippen LogP contribution in [0, 0.1) is 10.1 Å². The maximum Gasteiger partial charge on any atom is 0.315 e. The van der Waals surface area contributed by atoms with Gasteiger partial charge in [-0.05, 0) is 48.4 Å². The number of unbranched alkanes of at least 4 members (excludes halogenated alkanes) is 1. The smallest absolute Gasteiger partial charge is 0.315 e. The van der Waals surface area contributed by atoms with Crippen molar-refractivity contribution in [2.75, 3.05) is 7.11 Å². The van der Waals surface area contributed by atoms with E-state index in [1.54, 1.807) is 18.2 Å². The number of nitro benzene ring substituents is 1. The highest BCUT2D eigenvalue weighted by molar-refractivity contribution is 9.10. The summed E-state index contributed by atoms with van der Waals surface area (Å²) >= 11 is 6.78. The molecule has 196 valence electrons. The lowest BCUT2D eigenvalue weighted by atomic mass is 10.1. The van der Waals surface area contributed by atoms with Crippen molar-refractivity contribution in [2.24, 2.45) is 5.10 Å². The Bertz CT molecular complexity index is 1570. The van der Waals surface area contributed by atoms with Crippen molar-refractivity contribution in [1.82, 2.24) is 9.66 Å². The summed E-state index contributed by atoms with van der Waals surface area (Å²) < 4.78 is 14.1. The Hall–Kier alpha value is -3.57. The van der Waals surface area contributed by atoms with Crippen LogP contribution in [0.5, 0.6) is 11.5 Å². The molecule has 11 heteroatoms. The van der Waals surface area contributed by atoms with Crippen LogP contribution < -0.4 is 15.0 Å². The van der Waals surface area contributed by atoms with E-state index in [1.807, 2.05) is 30.3 Å². The lowest BCUT2D eigenvalue weighted by molar-refractivity contribution is -0.386. The zero-order chi connectivity index (χ0) is 27.2. The molecule has 0 saturated heterocycles. The highest BCUT2D eigenvalue weighted by Crippen LogP contribution is 2.38. The van der Waals surface area contributed by atoms with Gasteiger partial charge in [0.1, 0.15) is 12.4 Å². The highest BCUT2D eigenvalue weighted by Gasteiger charge is 2.22. The fourth-order valence-corrected chi connectivity index (χ4v) is 4.41. The van der Waals surface area contributed by atoms with Gasteiger partial charge in [0.2, 0.25) is 5.75 Å². The fourth-order valence-electron chi connectivity index (χ4n) is 3.79. The van der Waals surface area contributed by atoms with Gasteiger partial charge in [0.05, 0.1) is 29.2 Å². The molecular formula is C27H24Br2N4O5. The van der Waals surface area contributed by atoms with E-state index in [4.69, 9.17) is 9.47 Å². The first-order valence-electron chi connectivity index (χ1n) is 11.8. The molecule has 4 aromatic rings. The number of aromatic nitrogens is 2. The van der Waals surface area contributed by atoms with E-state index in [-0.39, 0.29) is 29.4 Å². The van der Waals surface area contributed by atoms with Crippen LogP contribution in [-0.2, 0) is 13.0 Å². The molecule has 0 amide bonds. The standard InChI is InChI=1S/C27H24Br2N4O5/c1-3-4-5-25-31-22-11-10-20(29)14-21(22)27(34)32(25)30-15-18-12-23(33(35)36)26(24(13-18)37-2)38-16-17-6-8-19(28)9-7-17/h6-15H,3-5,16H2,1-2H3. The first-order chi connectivity index (χ1) is 18.3. The third-order valence-corrected chi connectivity index (χ3v) is 6.74. The van der Waals surface area contributed by atoms with Crippen LogP contribution in [0.2, 0.25) is 0 Å². The molecule has 0 saturated carbocycles. The van der Waals surface area contributed by atoms with E-state index in [0.29, 0.717) is 28.7 Å². The predicted molar refractivity (Wildman–Crippen MR) is 153 cm³/mol.